The molecule has 1 aliphatic rings. The molecule has 9 heteroatoms. The summed E-state index contributed by atoms with van der Waals surface area (Å²) in [4.78, 5) is 35.3. The first-order chi connectivity index (χ1) is 17.2. The highest BCUT2D eigenvalue weighted by Gasteiger charge is 2.42. The van der Waals surface area contributed by atoms with Crippen LogP contribution in [0, 0.1) is 12.3 Å². The van der Waals surface area contributed by atoms with Gasteiger partial charge in [0.05, 0.1) is 4.88 Å². The Balaban J connectivity index is 1.74. The van der Waals surface area contributed by atoms with Crippen LogP contribution in [0.2, 0.25) is 0 Å². The Morgan fingerprint density at radius 1 is 1.11 bits per heavy atom. The third-order valence-electron chi connectivity index (χ3n) is 7.02. The molecule has 0 fully saturated rings. The summed E-state index contributed by atoms with van der Waals surface area (Å²) in [6, 6.07) is 3.96. The Kier molecular flexibility index (Phi) is 8.88. The van der Waals surface area contributed by atoms with Crippen LogP contribution >= 0.6 is 11.3 Å². The summed E-state index contributed by atoms with van der Waals surface area (Å²) >= 11 is 0.605. The molecule has 1 heterocycles. The zero-order valence-electron chi connectivity index (χ0n) is 21.7. The highest BCUT2D eigenvalue weighted by Crippen LogP contribution is 2.47. The Labute approximate surface area is 219 Å². The normalized spacial score (nSPS) is 14.8. The second kappa shape index (κ2) is 11.4. The number of hydrogen-bond donors (Lipinski definition) is 2. The molecule has 1 amide bonds. The molecule has 0 saturated carbocycles. The van der Waals surface area contributed by atoms with Gasteiger partial charge in [-0.15, -0.1) is 11.3 Å². The van der Waals surface area contributed by atoms with Crippen LogP contribution in [0.3, 0.4) is 0 Å². The standard InChI is InChI=1S/C28H34F3NO4S/c1-5-18-13-17(12-16(2)19(18)7-9-23(34)32-15-24(35)36)6-8-22(33)25-20-10-11-27(3,4)14-21(20)26(37-25)28(29,30)31/h12-13H,5-11,14-15H2,1-4H3,(H,32,34)(H,35,36). The van der Waals surface area contributed by atoms with E-state index >= 15 is 0 Å². The Morgan fingerprint density at radius 2 is 1.81 bits per heavy atom. The van der Waals surface area contributed by atoms with Crippen LogP contribution in [0.1, 0.15) is 88.0 Å². The lowest BCUT2D eigenvalue weighted by Gasteiger charge is -2.30. The van der Waals surface area contributed by atoms with Crippen molar-refractivity contribution in [3.05, 3.63) is 55.3 Å². The highest BCUT2D eigenvalue weighted by atomic mass is 32.1. The van der Waals surface area contributed by atoms with E-state index in [0.29, 0.717) is 48.1 Å². The molecule has 1 aromatic heterocycles. The predicted molar refractivity (Wildman–Crippen MR) is 137 cm³/mol. The van der Waals surface area contributed by atoms with Gasteiger partial charge < -0.3 is 10.4 Å². The average Bonchev–Trinajstić information content (AvgIpc) is 3.18. The fourth-order valence-corrected chi connectivity index (χ4v) is 6.30. The van der Waals surface area contributed by atoms with Gasteiger partial charge in [-0.25, -0.2) is 0 Å². The summed E-state index contributed by atoms with van der Waals surface area (Å²) in [5.41, 5.74) is 4.64. The lowest BCUT2D eigenvalue weighted by atomic mass is 9.74. The van der Waals surface area contributed by atoms with Gasteiger partial charge in [-0.3, -0.25) is 14.4 Å². The fourth-order valence-electron chi connectivity index (χ4n) is 5.10. The molecule has 0 unspecified atom stereocenters. The number of rotatable bonds is 10. The summed E-state index contributed by atoms with van der Waals surface area (Å²) in [6.07, 6.45) is -0.980. The highest BCUT2D eigenvalue weighted by molar-refractivity contribution is 7.14. The molecule has 2 N–H and O–H groups in total. The van der Waals surface area contributed by atoms with Crippen molar-refractivity contribution in [3.8, 4) is 0 Å². The van der Waals surface area contributed by atoms with Crippen LogP contribution in [-0.4, -0.2) is 29.3 Å². The SMILES string of the molecule is CCc1cc(CCC(=O)c2sc(C(F)(F)F)c3c2CCC(C)(C)C3)cc(C)c1CCC(=O)NCC(=O)O. The number of aryl methyl sites for hydroxylation is 3. The van der Waals surface area contributed by atoms with E-state index in [0.717, 1.165) is 35.1 Å². The van der Waals surface area contributed by atoms with E-state index in [1.165, 1.54) is 0 Å². The van der Waals surface area contributed by atoms with Crippen molar-refractivity contribution in [1.82, 2.24) is 5.32 Å². The van der Waals surface area contributed by atoms with E-state index in [1.54, 1.807) is 0 Å². The van der Waals surface area contributed by atoms with E-state index in [9.17, 15) is 27.6 Å². The van der Waals surface area contributed by atoms with Crippen molar-refractivity contribution in [1.29, 1.82) is 0 Å². The number of hydrogen-bond acceptors (Lipinski definition) is 4. The third kappa shape index (κ3) is 7.21. The first kappa shape index (κ1) is 28.9. The Morgan fingerprint density at radius 3 is 2.43 bits per heavy atom. The van der Waals surface area contributed by atoms with Gasteiger partial charge in [-0.2, -0.15) is 13.2 Å². The Hall–Kier alpha value is -2.68. The summed E-state index contributed by atoms with van der Waals surface area (Å²) in [5.74, 6) is -1.68. The van der Waals surface area contributed by atoms with E-state index < -0.39 is 23.6 Å². The number of aliphatic carboxylic acids is 1. The van der Waals surface area contributed by atoms with Crippen molar-refractivity contribution in [3.63, 3.8) is 0 Å². The largest absolute Gasteiger partial charge is 0.480 e. The molecule has 37 heavy (non-hydrogen) atoms. The Bertz CT molecular complexity index is 1200. The lowest BCUT2D eigenvalue weighted by molar-refractivity contribution is -0.138. The van der Waals surface area contributed by atoms with Crippen molar-refractivity contribution in [2.24, 2.45) is 5.41 Å². The molecule has 3 rings (SSSR count). The number of halogens is 3. The number of Topliss-reactive ketones (excluding diaryl/α,β-unsaturated/α-hetero) is 1. The number of alkyl halides is 3. The topological polar surface area (TPSA) is 83.5 Å². The number of ketones is 1. The van der Waals surface area contributed by atoms with Crippen LogP contribution in [0.15, 0.2) is 12.1 Å². The van der Waals surface area contributed by atoms with Crippen molar-refractivity contribution in [2.45, 2.75) is 85.2 Å². The summed E-state index contributed by atoms with van der Waals surface area (Å²) < 4.78 is 41.3. The van der Waals surface area contributed by atoms with Crippen molar-refractivity contribution < 1.29 is 32.7 Å². The summed E-state index contributed by atoms with van der Waals surface area (Å²) in [7, 11) is 0. The minimum atomic E-state index is -4.46. The molecule has 1 aromatic carbocycles. The monoisotopic (exact) mass is 537 g/mol. The van der Waals surface area contributed by atoms with Crippen LogP contribution in [0.5, 0.6) is 0 Å². The molecule has 0 atom stereocenters. The van der Waals surface area contributed by atoms with Crippen molar-refractivity contribution in [2.75, 3.05) is 6.54 Å². The molecule has 202 valence electrons. The fraction of sp³-hybridized carbons (Fsp3) is 0.536. The molecule has 0 aliphatic heterocycles. The van der Waals surface area contributed by atoms with Gasteiger partial charge >= 0.3 is 12.1 Å². The minimum Gasteiger partial charge on any atom is -0.480 e. The predicted octanol–water partition coefficient (Wildman–Crippen LogP) is 6.10. The molecule has 1 aliphatic carbocycles. The first-order valence-electron chi connectivity index (χ1n) is 12.6. The maximum Gasteiger partial charge on any atom is 0.425 e. The van der Waals surface area contributed by atoms with Crippen LogP contribution in [0.4, 0.5) is 13.2 Å². The first-order valence-corrected chi connectivity index (χ1v) is 13.4. The average molecular weight is 538 g/mol. The molecule has 2 aromatic rings. The van der Waals surface area contributed by atoms with Gasteiger partial charge in [0.2, 0.25) is 5.91 Å². The maximum absolute atomic E-state index is 13.8. The van der Waals surface area contributed by atoms with Crippen LogP contribution < -0.4 is 5.32 Å². The zero-order chi connectivity index (χ0) is 27.5. The summed E-state index contributed by atoms with van der Waals surface area (Å²) in [5, 5.41) is 11.1. The molecule has 0 spiro atoms. The number of thiophene rings is 1. The number of nitrogens with one attached hydrogen (secondary N) is 1. The van der Waals surface area contributed by atoms with Gasteiger partial charge in [-0.1, -0.05) is 32.9 Å². The maximum atomic E-state index is 13.8. The van der Waals surface area contributed by atoms with Gasteiger partial charge in [-0.05, 0) is 84.2 Å². The second-order valence-electron chi connectivity index (χ2n) is 10.6. The number of carbonyl (C=O) groups is 3. The lowest BCUT2D eigenvalue weighted by Crippen LogP contribution is -2.29. The molecule has 0 saturated heterocycles. The van der Waals surface area contributed by atoms with E-state index in [4.69, 9.17) is 5.11 Å². The molecule has 0 bridgehead atoms. The van der Waals surface area contributed by atoms with Gasteiger partial charge in [0.25, 0.3) is 0 Å². The molecular formula is C28H34F3NO4S. The smallest absolute Gasteiger partial charge is 0.425 e. The number of fused-ring (bicyclic) bond motifs is 1. The number of benzene rings is 1. The minimum absolute atomic E-state index is 0.132. The summed E-state index contributed by atoms with van der Waals surface area (Å²) in [6.45, 7) is 7.45. The number of amides is 1. The van der Waals surface area contributed by atoms with E-state index in [2.05, 4.69) is 5.32 Å². The molecule has 5 nitrogen and oxygen atoms in total. The van der Waals surface area contributed by atoms with E-state index in [-0.39, 0.29) is 34.8 Å². The number of carboxylic acid groups (broad SMARTS) is 1. The second-order valence-corrected chi connectivity index (χ2v) is 11.6. The quantitative estimate of drug-likeness (QED) is 0.359. The van der Waals surface area contributed by atoms with Gasteiger partial charge in [0, 0.05) is 12.8 Å². The molecule has 0 radical (unpaired) electrons. The van der Waals surface area contributed by atoms with Crippen molar-refractivity contribution >= 4 is 29.0 Å². The van der Waals surface area contributed by atoms with Gasteiger partial charge in [0.1, 0.15) is 11.4 Å². The van der Waals surface area contributed by atoms with Crippen LogP contribution in [-0.2, 0) is 47.9 Å². The molecular weight excluding hydrogens is 503 g/mol. The van der Waals surface area contributed by atoms with Crippen LogP contribution in [0.25, 0.3) is 0 Å². The third-order valence-corrected chi connectivity index (χ3v) is 8.38. The zero-order valence-corrected chi connectivity index (χ0v) is 22.5. The number of carboxylic acids is 1. The number of carbonyl (C=O) groups excluding carboxylic acids is 2. The van der Waals surface area contributed by atoms with Gasteiger partial charge in [0.15, 0.2) is 5.78 Å². The van der Waals surface area contributed by atoms with E-state index in [1.807, 2.05) is 39.8 Å².